The minimum Gasteiger partial charge on any atom is -0.462 e. The summed E-state index contributed by atoms with van der Waals surface area (Å²) < 4.78 is 36.9. The number of methoxy groups -OCH3 is 1. The number of benzene rings is 1. The number of aromatic amines is 1. The number of hydrogen-bond donors (Lipinski definition) is 2. The molecule has 0 fully saturated rings. The van der Waals surface area contributed by atoms with Crippen LogP contribution in [0.2, 0.25) is 0 Å². The highest BCUT2D eigenvalue weighted by atomic mass is 31.2. The molecular formula is C22H32N3O8P. The van der Waals surface area contributed by atoms with Gasteiger partial charge in [-0.15, -0.1) is 0 Å². The van der Waals surface area contributed by atoms with E-state index in [0.29, 0.717) is 11.3 Å². The van der Waals surface area contributed by atoms with Crippen molar-refractivity contribution in [3.8, 4) is 5.75 Å². The van der Waals surface area contributed by atoms with E-state index in [0.717, 1.165) is 0 Å². The number of carbonyl (C=O) groups excluding carboxylic acids is 1. The van der Waals surface area contributed by atoms with Gasteiger partial charge >= 0.3 is 19.2 Å². The third-order valence-electron chi connectivity index (χ3n) is 4.51. The lowest BCUT2D eigenvalue weighted by Gasteiger charge is -2.26. The topological polar surface area (TPSA) is 138 Å². The molecule has 0 amide bonds. The number of nitrogens with one attached hydrogen (secondary N) is 2. The van der Waals surface area contributed by atoms with E-state index in [-0.39, 0.29) is 19.3 Å². The standard InChI is InChI=1S/C22H32N3O8P/c1-15(2)32-21(27)17(4)24-34(29,33-18-9-7-6-8-10-18)14-31-19(13-30-5)12-25-11-16(3)20(26)23-22(25)28/h6-11,15,17,19H,12-14H2,1-5H3,(H,24,29)(H,23,26,28)/t17-,19+,34?/m0/s1. The van der Waals surface area contributed by atoms with Gasteiger partial charge in [0.25, 0.3) is 5.56 Å². The number of esters is 1. The zero-order chi connectivity index (χ0) is 25.3. The number of para-hydroxylation sites is 1. The molecule has 0 bridgehead atoms. The Labute approximate surface area is 197 Å². The van der Waals surface area contributed by atoms with E-state index in [2.05, 4.69) is 10.1 Å². The van der Waals surface area contributed by atoms with Crippen LogP contribution < -0.4 is 20.9 Å². The lowest BCUT2D eigenvalue weighted by Crippen LogP contribution is -2.38. The molecule has 0 aliphatic heterocycles. The minimum absolute atomic E-state index is 0.0283. The number of carbonyl (C=O) groups is 1. The van der Waals surface area contributed by atoms with Crippen LogP contribution >= 0.6 is 7.52 Å². The maximum absolute atomic E-state index is 13.7. The third-order valence-corrected chi connectivity index (χ3v) is 6.29. The van der Waals surface area contributed by atoms with Crippen LogP contribution in [0.3, 0.4) is 0 Å². The van der Waals surface area contributed by atoms with E-state index in [1.807, 2.05) is 0 Å². The highest BCUT2D eigenvalue weighted by Gasteiger charge is 2.32. The van der Waals surface area contributed by atoms with Crippen molar-refractivity contribution >= 4 is 13.5 Å². The van der Waals surface area contributed by atoms with Crippen LogP contribution in [0.1, 0.15) is 26.3 Å². The fraction of sp³-hybridized carbons (Fsp3) is 0.500. The molecule has 3 atom stereocenters. The van der Waals surface area contributed by atoms with Gasteiger partial charge in [-0.3, -0.25) is 23.7 Å². The summed E-state index contributed by atoms with van der Waals surface area (Å²) in [4.78, 5) is 38.3. The average molecular weight is 497 g/mol. The number of aromatic nitrogens is 2. The SMILES string of the molecule is COC[C@@H](Cn1cc(C)c(=O)[nH]c1=O)OCP(=O)(N[C@@H](C)C(=O)OC(C)C)Oc1ccccc1. The molecule has 0 saturated heterocycles. The summed E-state index contributed by atoms with van der Waals surface area (Å²) >= 11 is 0. The molecular weight excluding hydrogens is 465 g/mol. The van der Waals surface area contributed by atoms with Gasteiger partial charge in [0.2, 0.25) is 0 Å². The highest BCUT2D eigenvalue weighted by Crippen LogP contribution is 2.44. The summed E-state index contributed by atoms with van der Waals surface area (Å²) in [6.45, 7) is 6.61. The molecule has 0 saturated carbocycles. The van der Waals surface area contributed by atoms with E-state index in [1.54, 1.807) is 51.1 Å². The summed E-state index contributed by atoms with van der Waals surface area (Å²) in [5.74, 6) is -0.266. The largest absolute Gasteiger partial charge is 0.462 e. The summed E-state index contributed by atoms with van der Waals surface area (Å²) in [6, 6.07) is 7.53. The monoisotopic (exact) mass is 497 g/mol. The lowest BCUT2D eigenvalue weighted by atomic mass is 10.3. The molecule has 0 radical (unpaired) electrons. The molecule has 1 aromatic heterocycles. The smallest absolute Gasteiger partial charge is 0.342 e. The Morgan fingerprint density at radius 3 is 2.47 bits per heavy atom. The van der Waals surface area contributed by atoms with Crippen LogP contribution in [0.5, 0.6) is 5.75 Å². The Morgan fingerprint density at radius 2 is 1.85 bits per heavy atom. The summed E-state index contributed by atoms with van der Waals surface area (Å²) in [5, 5.41) is 2.71. The minimum atomic E-state index is -3.78. The van der Waals surface area contributed by atoms with Gasteiger partial charge in [0.1, 0.15) is 18.1 Å². The first-order valence-corrected chi connectivity index (χ1v) is 12.6. The van der Waals surface area contributed by atoms with Crippen molar-refractivity contribution in [2.75, 3.05) is 20.1 Å². The molecule has 0 aliphatic carbocycles. The Morgan fingerprint density at radius 1 is 1.18 bits per heavy atom. The second kappa shape index (κ2) is 12.7. The van der Waals surface area contributed by atoms with Crippen LogP contribution in [0.15, 0.2) is 46.1 Å². The first kappa shape index (κ1) is 27.5. The van der Waals surface area contributed by atoms with Crippen molar-refractivity contribution in [3.05, 3.63) is 62.9 Å². The molecule has 0 spiro atoms. The fourth-order valence-electron chi connectivity index (χ4n) is 2.94. The molecule has 2 aromatic rings. The number of aryl methyl sites for hydroxylation is 1. The number of nitrogens with zero attached hydrogens (tertiary/aromatic N) is 1. The molecule has 11 nitrogen and oxygen atoms in total. The van der Waals surface area contributed by atoms with Gasteiger partial charge < -0.3 is 18.7 Å². The molecule has 12 heteroatoms. The fourth-order valence-corrected chi connectivity index (χ4v) is 4.68. The van der Waals surface area contributed by atoms with Crippen molar-refractivity contribution in [1.82, 2.24) is 14.6 Å². The van der Waals surface area contributed by atoms with Crippen LogP contribution in [-0.4, -0.2) is 53.8 Å². The molecule has 34 heavy (non-hydrogen) atoms. The third kappa shape index (κ3) is 8.57. The first-order chi connectivity index (χ1) is 16.0. The van der Waals surface area contributed by atoms with E-state index in [1.165, 1.54) is 24.8 Å². The number of rotatable bonds is 13. The average Bonchev–Trinajstić information content (AvgIpc) is 2.76. The molecule has 2 rings (SSSR count). The van der Waals surface area contributed by atoms with Gasteiger partial charge in [-0.1, -0.05) is 18.2 Å². The van der Waals surface area contributed by atoms with E-state index in [9.17, 15) is 18.9 Å². The molecule has 2 N–H and O–H groups in total. The Kier molecular flexibility index (Phi) is 10.2. The van der Waals surface area contributed by atoms with Crippen molar-refractivity contribution in [1.29, 1.82) is 0 Å². The summed E-state index contributed by atoms with van der Waals surface area (Å²) in [5.41, 5.74) is -0.724. The predicted octanol–water partition coefficient (Wildman–Crippen LogP) is 2.04. The Bertz CT molecular complexity index is 1100. The highest BCUT2D eigenvalue weighted by molar-refractivity contribution is 7.57. The predicted molar refractivity (Wildman–Crippen MR) is 126 cm³/mol. The quantitative estimate of drug-likeness (QED) is 0.314. The van der Waals surface area contributed by atoms with E-state index >= 15 is 0 Å². The number of H-pyrrole nitrogens is 1. The molecule has 0 aliphatic rings. The molecule has 188 valence electrons. The van der Waals surface area contributed by atoms with E-state index in [4.69, 9.17) is 18.7 Å². The Hall–Kier alpha value is -2.72. The van der Waals surface area contributed by atoms with Gasteiger partial charge in [0.05, 0.1) is 25.4 Å². The second-order valence-electron chi connectivity index (χ2n) is 8.01. The summed E-state index contributed by atoms with van der Waals surface area (Å²) in [6.07, 6.45) is -0.0602. The van der Waals surface area contributed by atoms with Crippen LogP contribution in [-0.2, 0) is 30.1 Å². The zero-order valence-electron chi connectivity index (χ0n) is 20.0. The van der Waals surface area contributed by atoms with Crippen LogP contribution in [0, 0.1) is 6.92 Å². The van der Waals surface area contributed by atoms with Gasteiger partial charge in [0, 0.05) is 18.9 Å². The zero-order valence-corrected chi connectivity index (χ0v) is 20.9. The van der Waals surface area contributed by atoms with Crippen molar-refractivity contribution in [3.63, 3.8) is 0 Å². The van der Waals surface area contributed by atoms with Crippen molar-refractivity contribution in [2.45, 2.75) is 52.5 Å². The molecule has 1 heterocycles. The molecule has 1 unspecified atom stereocenters. The van der Waals surface area contributed by atoms with Gasteiger partial charge in [0.15, 0.2) is 0 Å². The number of hydrogen-bond acceptors (Lipinski definition) is 8. The maximum atomic E-state index is 13.7. The van der Waals surface area contributed by atoms with E-state index < -0.39 is 43.2 Å². The molecule has 1 aromatic carbocycles. The van der Waals surface area contributed by atoms with Crippen LogP contribution in [0.25, 0.3) is 0 Å². The Balaban J connectivity index is 2.21. The van der Waals surface area contributed by atoms with Gasteiger partial charge in [-0.2, -0.15) is 0 Å². The van der Waals surface area contributed by atoms with Crippen LogP contribution in [0.4, 0.5) is 0 Å². The van der Waals surface area contributed by atoms with Crippen molar-refractivity contribution in [2.24, 2.45) is 0 Å². The summed E-state index contributed by atoms with van der Waals surface area (Å²) in [7, 11) is -2.32. The van der Waals surface area contributed by atoms with Gasteiger partial charge in [-0.05, 0) is 39.8 Å². The number of ether oxygens (including phenoxy) is 3. The maximum Gasteiger partial charge on any atom is 0.342 e. The van der Waals surface area contributed by atoms with Gasteiger partial charge in [-0.25, -0.2) is 9.88 Å². The normalized spacial score (nSPS) is 14.9. The second-order valence-corrected chi connectivity index (χ2v) is 10.1. The lowest BCUT2D eigenvalue weighted by molar-refractivity contribution is -0.149. The van der Waals surface area contributed by atoms with Crippen molar-refractivity contribution < 1.29 is 28.1 Å². The first-order valence-electron chi connectivity index (χ1n) is 10.8.